The summed E-state index contributed by atoms with van der Waals surface area (Å²) in [4.78, 5) is 0. The van der Waals surface area contributed by atoms with E-state index in [9.17, 15) is 0 Å². The molecular weight excluding hydrogens is 152 g/mol. The molecule has 0 saturated carbocycles. The van der Waals surface area contributed by atoms with Gasteiger partial charge in [-0.25, -0.2) is 0 Å². The van der Waals surface area contributed by atoms with Gasteiger partial charge in [0.15, 0.2) is 0 Å². The van der Waals surface area contributed by atoms with Crippen molar-refractivity contribution in [2.45, 2.75) is 38.4 Å². The molecule has 0 radical (unpaired) electrons. The SMILES string of the molecule is CC1=CCC2OCCCOC2C1. The summed E-state index contributed by atoms with van der Waals surface area (Å²) >= 11 is 0. The minimum atomic E-state index is 0.330. The lowest BCUT2D eigenvalue weighted by molar-refractivity contribution is -0.0375. The molecule has 0 aromatic heterocycles. The second kappa shape index (κ2) is 3.58. The Balaban J connectivity index is 2.03. The highest BCUT2D eigenvalue weighted by Gasteiger charge is 2.27. The second-order valence-corrected chi connectivity index (χ2v) is 3.66. The lowest BCUT2D eigenvalue weighted by Gasteiger charge is -2.27. The minimum absolute atomic E-state index is 0.330. The van der Waals surface area contributed by atoms with Gasteiger partial charge in [-0.15, -0.1) is 0 Å². The van der Waals surface area contributed by atoms with Crippen LogP contribution in [0.5, 0.6) is 0 Å². The molecule has 2 atom stereocenters. The van der Waals surface area contributed by atoms with Crippen LogP contribution in [0.15, 0.2) is 11.6 Å². The first-order chi connectivity index (χ1) is 5.86. The molecule has 1 saturated heterocycles. The van der Waals surface area contributed by atoms with Crippen LogP contribution in [-0.4, -0.2) is 25.4 Å². The highest BCUT2D eigenvalue weighted by Crippen LogP contribution is 2.25. The topological polar surface area (TPSA) is 18.5 Å². The van der Waals surface area contributed by atoms with Crippen molar-refractivity contribution in [1.82, 2.24) is 0 Å². The summed E-state index contributed by atoms with van der Waals surface area (Å²) in [5.41, 5.74) is 1.45. The lowest BCUT2D eigenvalue weighted by atomic mass is 9.95. The average Bonchev–Trinajstić information content (AvgIpc) is 2.28. The number of ether oxygens (including phenoxy) is 2. The normalized spacial score (nSPS) is 36.6. The predicted octanol–water partition coefficient (Wildman–Crippen LogP) is 1.90. The Kier molecular flexibility index (Phi) is 2.47. The molecule has 12 heavy (non-hydrogen) atoms. The van der Waals surface area contributed by atoms with Gasteiger partial charge in [0.05, 0.1) is 12.2 Å². The molecule has 2 rings (SSSR count). The molecule has 0 amide bonds. The van der Waals surface area contributed by atoms with Gasteiger partial charge in [0.25, 0.3) is 0 Å². The van der Waals surface area contributed by atoms with Gasteiger partial charge in [-0.1, -0.05) is 11.6 Å². The first-order valence-electron chi connectivity index (χ1n) is 4.75. The molecule has 2 nitrogen and oxygen atoms in total. The van der Waals surface area contributed by atoms with E-state index < -0.39 is 0 Å². The van der Waals surface area contributed by atoms with E-state index in [0.29, 0.717) is 12.2 Å². The maximum atomic E-state index is 5.71. The Morgan fingerprint density at radius 2 is 2.00 bits per heavy atom. The smallest absolute Gasteiger partial charge is 0.0876 e. The van der Waals surface area contributed by atoms with E-state index in [0.717, 1.165) is 32.5 Å². The molecule has 2 aliphatic rings. The maximum Gasteiger partial charge on any atom is 0.0876 e. The lowest BCUT2D eigenvalue weighted by Crippen LogP contribution is -2.32. The third-order valence-electron chi connectivity index (χ3n) is 2.59. The van der Waals surface area contributed by atoms with E-state index >= 15 is 0 Å². The first kappa shape index (κ1) is 8.27. The average molecular weight is 168 g/mol. The minimum Gasteiger partial charge on any atom is -0.375 e. The van der Waals surface area contributed by atoms with Crippen LogP contribution in [0.3, 0.4) is 0 Å². The van der Waals surface area contributed by atoms with Crippen molar-refractivity contribution in [1.29, 1.82) is 0 Å². The summed E-state index contributed by atoms with van der Waals surface area (Å²) in [7, 11) is 0. The van der Waals surface area contributed by atoms with E-state index in [1.165, 1.54) is 5.57 Å². The van der Waals surface area contributed by atoms with Crippen LogP contribution in [0, 0.1) is 0 Å². The Morgan fingerprint density at radius 1 is 1.25 bits per heavy atom. The fourth-order valence-corrected chi connectivity index (χ4v) is 1.87. The Labute approximate surface area is 73.5 Å². The van der Waals surface area contributed by atoms with Crippen molar-refractivity contribution in [3.8, 4) is 0 Å². The second-order valence-electron chi connectivity index (χ2n) is 3.66. The van der Waals surface area contributed by atoms with Crippen LogP contribution >= 0.6 is 0 Å². The van der Waals surface area contributed by atoms with Crippen LogP contribution in [-0.2, 0) is 9.47 Å². The zero-order valence-electron chi connectivity index (χ0n) is 7.58. The van der Waals surface area contributed by atoms with Crippen molar-refractivity contribution in [3.63, 3.8) is 0 Å². The molecule has 2 unspecified atom stereocenters. The predicted molar refractivity (Wildman–Crippen MR) is 47.1 cm³/mol. The van der Waals surface area contributed by atoms with Gasteiger partial charge >= 0.3 is 0 Å². The first-order valence-corrected chi connectivity index (χ1v) is 4.75. The summed E-state index contributed by atoms with van der Waals surface area (Å²) in [6.07, 6.45) is 6.08. The van der Waals surface area contributed by atoms with Gasteiger partial charge in [-0.05, 0) is 26.2 Å². The zero-order valence-corrected chi connectivity index (χ0v) is 7.58. The van der Waals surface area contributed by atoms with Gasteiger partial charge in [0.1, 0.15) is 0 Å². The molecule has 0 aromatic carbocycles. The zero-order chi connectivity index (χ0) is 8.39. The molecule has 1 fully saturated rings. The van der Waals surface area contributed by atoms with E-state index in [4.69, 9.17) is 9.47 Å². The molecule has 1 aliphatic carbocycles. The van der Waals surface area contributed by atoms with Crippen LogP contribution in [0.4, 0.5) is 0 Å². The Morgan fingerprint density at radius 3 is 2.83 bits per heavy atom. The summed E-state index contributed by atoms with van der Waals surface area (Å²) in [6.45, 7) is 3.91. The number of hydrogen-bond acceptors (Lipinski definition) is 2. The van der Waals surface area contributed by atoms with Gasteiger partial charge in [-0.2, -0.15) is 0 Å². The van der Waals surface area contributed by atoms with Crippen molar-refractivity contribution in [2.75, 3.05) is 13.2 Å². The molecule has 2 heteroatoms. The number of hydrogen-bond donors (Lipinski definition) is 0. The summed E-state index contributed by atoms with van der Waals surface area (Å²) in [5.74, 6) is 0. The molecular formula is C10H16O2. The van der Waals surface area contributed by atoms with E-state index in [2.05, 4.69) is 13.0 Å². The molecule has 0 aromatic rings. The molecule has 0 N–H and O–H groups in total. The monoisotopic (exact) mass is 168 g/mol. The van der Waals surface area contributed by atoms with Crippen molar-refractivity contribution < 1.29 is 9.47 Å². The molecule has 0 bridgehead atoms. The quantitative estimate of drug-likeness (QED) is 0.514. The van der Waals surface area contributed by atoms with Crippen LogP contribution in [0.25, 0.3) is 0 Å². The highest BCUT2D eigenvalue weighted by atomic mass is 16.5. The fourth-order valence-electron chi connectivity index (χ4n) is 1.87. The molecule has 0 spiro atoms. The van der Waals surface area contributed by atoms with Crippen molar-refractivity contribution >= 4 is 0 Å². The third-order valence-corrected chi connectivity index (χ3v) is 2.59. The largest absolute Gasteiger partial charge is 0.375 e. The van der Waals surface area contributed by atoms with Crippen molar-refractivity contribution in [3.05, 3.63) is 11.6 Å². The van der Waals surface area contributed by atoms with E-state index in [-0.39, 0.29) is 0 Å². The standard InChI is InChI=1S/C10H16O2/c1-8-3-4-9-10(7-8)12-6-2-5-11-9/h3,9-10H,2,4-7H2,1H3. The number of rotatable bonds is 0. The van der Waals surface area contributed by atoms with Crippen LogP contribution < -0.4 is 0 Å². The third kappa shape index (κ3) is 1.70. The number of fused-ring (bicyclic) bond motifs is 1. The fraction of sp³-hybridized carbons (Fsp3) is 0.800. The highest BCUT2D eigenvalue weighted by molar-refractivity contribution is 5.07. The van der Waals surface area contributed by atoms with Gasteiger partial charge < -0.3 is 9.47 Å². The van der Waals surface area contributed by atoms with Crippen molar-refractivity contribution in [2.24, 2.45) is 0 Å². The van der Waals surface area contributed by atoms with Gasteiger partial charge in [-0.3, -0.25) is 0 Å². The summed E-state index contributed by atoms with van der Waals surface area (Å²) < 4.78 is 11.4. The molecule has 68 valence electrons. The Hall–Kier alpha value is -0.340. The van der Waals surface area contributed by atoms with Gasteiger partial charge in [0, 0.05) is 13.2 Å². The van der Waals surface area contributed by atoms with E-state index in [1.54, 1.807) is 0 Å². The summed E-state index contributed by atoms with van der Waals surface area (Å²) in [6, 6.07) is 0. The molecule has 1 aliphatic heterocycles. The summed E-state index contributed by atoms with van der Waals surface area (Å²) in [5, 5.41) is 0. The maximum absolute atomic E-state index is 5.71. The van der Waals surface area contributed by atoms with E-state index in [1.807, 2.05) is 0 Å². The Bertz CT molecular complexity index is 186. The van der Waals surface area contributed by atoms with Gasteiger partial charge in [0.2, 0.25) is 0 Å². The molecule has 1 heterocycles. The van der Waals surface area contributed by atoms with Crippen LogP contribution in [0.1, 0.15) is 26.2 Å². The van der Waals surface area contributed by atoms with Crippen LogP contribution in [0.2, 0.25) is 0 Å².